The van der Waals surface area contributed by atoms with Crippen molar-refractivity contribution in [2.24, 2.45) is 0 Å². The van der Waals surface area contributed by atoms with Gasteiger partial charge in [0.1, 0.15) is 0 Å². The summed E-state index contributed by atoms with van der Waals surface area (Å²) in [6.45, 7) is 4.96. The second-order valence-corrected chi connectivity index (χ2v) is 2.26. The van der Waals surface area contributed by atoms with E-state index in [1.807, 2.05) is 0 Å². The Morgan fingerprint density at radius 3 is 2.78 bits per heavy atom. The predicted molar refractivity (Wildman–Crippen MR) is 43.3 cm³/mol. The second-order valence-electron chi connectivity index (χ2n) is 1.81. The average molecular weight is 145 g/mol. The average Bonchev–Trinajstić information content (AvgIpc) is 1.85. The smallest absolute Gasteiger partial charge is 0.0322 e. The van der Waals surface area contributed by atoms with Crippen molar-refractivity contribution in [2.45, 2.75) is 6.42 Å². The normalized spacial score (nSPS) is 10.1. The number of thiol groups is 1. The highest BCUT2D eigenvalue weighted by Crippen LogP contribution is 1.87. The molecule has 3 heteroatoms. The molecule has 0 aliphatic carbocycles. The zero-order valence-corrected chi connectivity index (χ0v) is 6.40. The quantitative estimate of drug-likeness (QED) is 0.348. The van der Waals surface area contributed by atoms with Crippen LogP contribution < -0.4 is 5.84 Å². The lowest BCUT2D eigenvalue weighted by Gasteiger charge is -2.09. The van der Waals surface area contributed by atoms with Crippen molar-refractivity contribution in [3.8, 4) is 0 Å². The molecule has 0 unspecified atom stereocenters. The minimum absolute atomic E-state index is 0.647. The fraction of sp³-hybridized carbons (Fsp3) is 0.667. The molecule has 0 heterocycles. The Hall–Kier alpha value is 0.0100. The molecule has 0 aliphatic heterocycles. The Labute approximate surface area is 62.1 Å². The lowest BCUT2D eigenvalue weighted by Crippen LogP contribution is -2.22. The van der Waals surface area contributed by atoms with Crippen molar-refractivity contribution in [2.75, 3.05) is 18.8 Å². The van der Waals surface area contributed by atoms with E-state index < -0.39 is 0 Å². The highest BCUT2D eigenvalue weighted by atomic mass is 32.1. The fourth-order valence-electron chi connectivity index (χ4n) is 0.509. The number of nitrogens with one attached hydrogen (secondary N) is 1. The molecule has 0 aliphatic rings. The van der Waals surface area contributed by atoms with E-state index in [0.29, 0.717) is 6.54 Å². The number of hydrogen-bond acceptors (Lipinski definition) is 2. The molecule has 0 saturated carbocycles. The van der Waals surface area contributed by atoms with Crippen LogP contribution in [0.25, 0.3) is 0 Å². The molecule has 53 valence electrons. The molecule has 0 fully saturated rings. The van der Waals surface area contributed by atoms with Crippen molar-refractivity contribution in [1.29, 1.82) is 0 Å². The lowest BCUT2D eigenvalue weighted by atomic mass is 10.4. The molecule has 0 bridgehead atoms. The largest absolute Gasteiger partial charge is 0.226 e. The molecule has 0 amide bonds. The van der Waals surface area contributed by atoms with Crippen LogP contribution in [-0.4, -0.2) is 23.9 Å². The summed E-state index contributed by atoms with van der Waals surface area (Å²) in [5, 5.41) is 1.48. The van der Waals surface area contributed by atoms with Crippen LogP contribution in [0.15, 0.2) is 12.7 Å². The molecule has 9 heavy (non-hydrogen) atoms. The number of rotatable bonds is 5. The van der Waals surface area contributed by atoms with Gasteiger partial charge in [-0.3, -0.25) is 0 Å². The van der Waals surface area contributed by atoms with Crippen LogP contribution in [0.5, 0.6) is 0 Å². The van der Waals surface area contributed by atoms with E-state index in [0.717, 1.165) is 18.7 Å². The first-order chi connectivity index (χ1) is 4.31. The highest BCUT2D eigenvalue weighted by Gasteiger charge is 1.92. The molecule has 1 N–H and O–H groups in total. The van der Waals surface area contributed by atoms with Crippen LogP contribution in [0.2, 0.25) is 0 Å². The molecule has 0 aromatic carbocycles. The van der Waals surface area contributed by atoms with Gasteiger partial charge in [0.2, 0.25) is 0 Å². The zero-order chi connectivity index (χ0) is 7.11. The third-order valence-corrected chi connectivity index (χ3v) is 1.25. The van der Waals surface area contributed by atoms with E-state index >= 15 is 0 Å². The maximum absolute atomic E-state index is 7.20. The van der Waals surface area contributed by atoms with Gasteiger partial charge >= 0.3 is 0 Å². The first-order valence-corrected chi connectivity index (χ1v) is 3.62. The van der Waals surface area contributed by atoms with E-state index in [1.165, 1.54) is 5.01 Å². The Morgan fingerprint density at radius 2 is 2.33 bits per heavy atom. The van der Waals surface area contributed by atoms with Gasteiger partial charge in [0.25, 0.3) is 0 Å². The fourth-order valence-corrected chi connectivity index (χ4v) is 0.650. The molecule has 1 radical (unpaired) electrons. The Balaban J connectivity index is 3.04. The Morgan fingerprint density at radius 1 is 1.67 bits per heavy atom. The predicted octanol–water partition coefficient (Wildman–Crippen LogP) is 0.992. The van der Waals surface area contributed by atoms with Gasteiger partial charge in [-0.2, -0.15) is 18.5 Å². The van der Waals surface area contributed by atoms with Crippen LogP contribution in [0.1, 0.15) is 6.42 Å². The van der Waals surface area contributed by atoms with Gasteiger partial charge < -0.3 is 0 Å². The molecule has 0 rings (SSSR count). The first-order valence-electron chi connectivity index (χ1n) is 2.99. The maximum Gasteiger partial charge on any atom is 0.0322 e. The van der Waals surface area contributed by atoms with Gasteiger partial charge in [-0.25, -0.2) is 5.01 Å². The van der Waals surface area contributed by atoms with Crippen molar-refractivity contribution in [1.82, 2.24) is 10.9 Å². The van der Waals surface area contributed by atoms with Crippen molar-refractivity contribution in [3.05, 3.63) is 12.7 Å². The minimum atomic E-state index is 0.647. The summed E-state index contributed by atoms with van der Waals surface area (Å²) in [6, 6.07) is 0. The van der Waals surface area contributed by atoms with E-state index in [2.05, 4.69) is 19.2 Å². The monoisotopic (exact) mass is 145 g/mol. The van der Waals surface area contributed by atoms with Crippen molar-refractivity contribution < 1.29 is 0 Å². The molecular weight excluding hydrogens is 132 g/mol. The van der Waals surface area contributed by atoms with Gasteiger partial charge in [0, 0.05) is 13.1 Å². The standard InChI is InChI=1S/C6H13N2S/c1-2-4-8(7)5-3-6-9/h2,7,9H,1,3-6H2. The summed E-state index contributed by atoms with van der Waals surface area (Å²) in [6.07, 6.45) is 2.70. The third-order valence-electron chi connectivity index (χ3n) is 0.936. The van der Waals surface area contributed by atoms with Gasteiger partial charge in [0.15, 0.2) is 0 Å². The molecule has 0 atom stereocenters. The van der Waals surface area contributed by atoms with E-state index in [4.69, 9.17) is 5.84 Å². The van der Waals surface area contributed by atoms with E-state index in [1.54, 1.807) is 6.08 Å². The Bertz CT molecular complexity index is 75.5. The molecule has 0 aromatic rings. The lowest BCUT2D eigenvalue weighted by molar-refractivity contribution is 0.298. The first kappa shape index (κ1) is 9.01. The second kappa shape index (κ2) is 6.13. The number of nitrogens with zero attached hydrogens (tertiary/aromatic N) is 1. The van der Waals surface area contributed by atoms with Crippen LogP contribution in [0.4, 0.5) is 0 Å². The summed E-state index contributed by atoms with van der Waals surface area (Å²) in [5.74, 6) is 8.06. The summed E-state index contributed by atoms with van der Waals surface area (Å²) < 4.78 is 0. The summed E-state index contributed by atoms with van der Waals surface area (Å²) in [4.78, 5) is 0. The summed E-state index contributed by atoms with van der Waals surface area (Å²) in [5.41, 5.74) is 0. The van der Waals surface area contributed by atoms with Crippen LogP contribution >= 0.6 is 12.6 Å². The van der Waals surface area contributed by atoms with Gasteiger partial charge in [-0.05, 0) is 12.2 Å². The highest BCUT2D eigenvalue weighted by molar-refractivity contribution is 7.80. The molecule has 0 saturated heterocycles. The topological polar surface area (TPSA) is 27.0 Å². The molecule has 0 aromatic heterocycles. The van der Waals surface area contributed by atoms with Crippen molar-refractivity contribution in [3.63, 3.8) is 0 Å². The molecule has 0 spiro atoms. The SMILES string of the molecule is C=CCN([NH])CCCS. The summed E-state index contributed by atoms with van der Waals surface area (Å²) >= 11 is 4.03. The van der Waals surface area contributed by atoms with Crippen LogP contribution in [0, 0.1) is 0 Å². The molecule has 2 nitrogen and oxygen atoms in total. The zero-order valence-electron chi connectivity index (χ0n) is 5.51. The van der Waals surface area contributed by atoms with Crippen LogP contribution in [0.3, 0.4) is 0 Å². The Kier molecular flexibility index (Phi) is 6.14. The van der Waals surface area contributed by atoms with Gasteiger partial charge in [-0.1, -0.05) is 6.08 Å². The maximum atomic E-state index is 7.20. The van der Waals surface area contributed by atoms with Crippen LogP contribution in [-0.2, 0) is 0 Å². The number of hydrogen-bond donors (Lipinski definition) is 1. The molecular formula is C6H13N2S. The third kappa shape index (κ3) is 5.89. The van der Waals surface area contributed by atoms with E-state index in [-0.39, 0.29) is 0 Å². The minimum Gasteiger partial charge on any atom is -0.226 e. The van der Waals surface area contributed by atoms with Gasteiger partial charge in [0.05, 0.1) is 0 Å². The van der Waals surface area contributed by atoms with Crippen molar-refractivity contribution >= 4 is 12.6 Å². The summed E-state index contributed by atoms with van der Waals surface area (Å²) in [7, 11) is 0. The van der Waals surface area contributed by atoms with Gasteiger partial charge in [-0.15, -0.1) is 6.58 Å². The van der Waals surface area contributed by atoms with E-state index in [9.17, 15) is 0 Å².